The highest BCUT2D eigenvalue weighted by molar-refractivity contribution is 7.80. The van der Waals surface area contributed by atoms with Gasteiger partial charge in [0.1, 0.15) is 17.9 Å². The summed E-state index contributed by atoms with van der Waals surface area (Å²) >= 11 is 5.47. The van der Waals surface area contributed by atoms with Crippen LogP contribution in [0.25, 0.3) is 0 Å². The van der Waals surface area contributed by atoms with Gasteiger partial charge in [-0.05, 0) is 41.5 Å². The molecule has 0 aliphatic carbocycles. The Kier molecular flexibility index (Phi) is 3.32. The molecular formula is C18H12FN3OS. The molecule has 0 spiro atoms. The zero-order valence-corrected chi connectivity index (χ0v) is 13.4. The number of amides is 1. The molecule has 1 atom stereocenters. The van der Waals surface area contributed by atoms with Gasteiger partial charge in [-0.1, -0.05) is 24.3 Å². The minimum Gasteiger partial charge on any atom is -0.332 e. The second-order valence-corrected chi connectivity index (χ2v) is 6.21. The highest BCUT2D eigenvalue weighted by atomic mass is 32.1. The highest BCUT2D eigenvalue weighted by Gasteiger charge is 2.45. The Labute approximate surface area is 143 Å². The molecule has 118 valence electrons. The van der Waals surface area contributed by atoms with Crippen molar-refractivity contribution in [1.29, 1.82) is 5.26 Å². The van der Waals surface area contributed by atoms with Crippen LogP contribution in [0.2, 0.25) is 0 Å². The van der Waals surface area contributed by atoms with E-state index in [0.717, 1.165) is 11.1 Å². The molecule has 0 radical (unpaired) electrons. The van der Waals surface area contributed by atoms with E-state index in [-0.39, 0.29) is 17.5 Å². The third kappa shape index (κ3) is 2.09. The summed E-state index contributed by atoms with van der Waals surface area (Å²) in [6.07, 6.45) is 0.588. The van der Waals surface area contributed by atoms with Gasteiger partial charge < -0.3 is 4.90 Å². The zero-order valence-electron chi connectivity index (χ0n) is 12.6. The van der Waals surface area contributed by atoms with Crippen LogP contribution < -0.4 is 4.90 Å². The second kappa shape index (κ2) is 5.39. The fraction of sp³-hybridized carbons (Fsp3) is 0.167. The molecule has 2 aliphatic rings. The first-order chi connectivity index (χ1) is 11.6. The third-order valence-electron chi connectivity index (χ3n) is 4.52. The van der Waals surface area contributed by atoms with Gasteiger partial charge in [0, 0.05) is 13.0 Å². The summed E-state index contributed by atoms with van der Waals surface area (Å²) in [6.45, 7) is 0.570. The van der Waals surface area contributed by atoms with Crippen LogP contribution in [0.1, 0.15) is 16.7 Å². The van der Waals surface area contributed by atoms with Crippen LogP contribution >= 0.6 is 12.2 Å². The maximum Gasteiger partial charge on any atom is 0.256 e. The Morgan fingerprint density at radius 2 is 1.96 bits per heavy atom. The number of hydrogen-bond donors (Lipinski definition) is 0. The van der Waals surface area contributed by atoms with Crippen molar-refractivity contribution < 1.29 is 9.18 Å². The first kappa shape index (κ1) is 14.8. The molecule has 4 nitrogen and oxygen atoms in total. The van der Waals surface area contributed by atoms with Gasteiger partial charge >= 0.3 is 0 Å². The molecule has 1 saturated heterocycles. The van der Waals surface area contributed by atoms with Crippen LogP contribution in [0.5, 0.6) is 0 Å². The van der Waals surface area contributed by atoms with Crippen LogP contribution in [0.4, 0.5) is 10.1 Å². The summed E-state index contributed by atoms with van der Waals surface area (Å²) in [4.78, 5) is 16.1. The molecule has 0 bridgehead atoms. The molecule has 2 aromatic carbocycles. The zero-order chi connectivity index (χ0) is 16.8. The molecular weight excluding hydrogens is 325 g/mol. The Morgan fingerprint density at radius 3 is 2.67 bits per heavy atom. The van der Waals surface area contributed by atoms with Crippen molar-refractivity contribution in [3.8, 4) is 6.07 Å². The lowest BCUT2D eigenvalue weighted by molar-refractivity contribution is -0.119. The van der Waals surface area contributed by atoms with Crippen LogP contribution in [0.3, 0.4) is 0 Å². The first-order valence-corrected chi connectivity index (χ1v) is 7.92. The van der Waals surface area contributed by atoms with Crippen molar-refractivity contribution in [1.82, 2.24) is 4.90 Å². The average molecular weight is 337 g/mol. The molecule has 2 aromatic rings. The summed E-state index contributed by atoms with van der Waals surface area (Å²) < 4.78 is 13.9. The van der Waals surface area contributed by atoms with E-state index in [2.05, 4.69) is 0 Å². The van der Waals surface area contributed by atoms with Crippen molar-refractivity contribution in [3.05, 3.63) is 65.0 Å². The third-order valence-corrected chi connectivity index (χ3v) is 4.94. The topological polar surface area (TPSA) is 47.3 Å². The van der Waals surface area contributed by atoms with Crippen molar-refractivity contribution in [2.75, 3.05) is 4.90 Å². The lowest BCUT2D eigenvalue weighted by Crippen LogP contribution is -2.39. The first-order valence-electron chi connectivity index (χ1n) is 7.51. The summed E-state index contributed by atoms with van der Waals surface area (Å²) in [7, 11) is 0. The highest BCUT2D eigenvalue weighted by Crippen LogP contribution is 2.33. The van der Waals surface area contributed by atoms with E-state index in [9.17, 15) is 9.18 Å². The fourth-order valence-corrected chi connectivity index (χ4v) is 3.68. The number of anilines is 1. The molecule has 4 rings (SSSR count). The van der Waals surface area contributed by atoms with Gasteiger partial charge in [-0.25, -0.2) is 4.39 Å². The van der Waals surface area contributed by atoms with Gasteiger partial charge in [0.05, 0.1) is 11.3 Å². The van der Waals surface area contributed by atoms with Crippen LogP contribution in [0.15, 0.2) is 42.5 Å². The Morgan fingerprint density at radius 1 is 1.21 bits per heavy atom. The van der Waals surface area contributed by atoms with Crippen LogP contribution in [-0.2, 0) is 17.8 Å². The molecule has 1 fully saturated rings. The largest absolute Gasteiger partial charge is 0.332 e. The maximum atomic E-state index is 13.9. The molecule has 6 heteroatoms. The number of nitriles is 1. The predicted octanol–water partition coefficient (Wildman–Crippen LogP) is 2.76. The number of hydrogen-bond acceptors (Lipinski definition) is 3. The van der Waals surface area contributed by atoms with E-state index in [1.807, 2.05) is 29.2 Å². The van der Waals surface area contributed by atoms with E-state index in [1.54, 1.807) is 12.1 Å². The lowest BCUT2D eigenvalue weighted by Gasteiger charge is -2.30. The quantitative estimate of drug-likeness (QED) is 0.751. The van der Waals surface area contributed by atoms with Crippen LogP contribution in [-0.4, -0.2) is 22.0 Å². The van der Waals surface area contributed by atoms with E-state index in [1.165, 1.54) is 17.0 Å². The van der Waals surface area contributed by atoms with Gasteiger partial charge in [0.2, 0.25) is 0 Å². The standard InChI is InChI=1S/C18H12FN3OS/c19-15-8-14(6-5-12(15)9-20)22-17(23)16-7-11-3-1-2-4-13(11)10-21(16)18(22)24/h1-6,8,16H,7,10H2. The normalized spacial score (nSPS) is 19.1. The Hall–Kier alpha value is -2.78. The van der Waals surface area contributed by atoms with Gasteiger partial charge in [-0.15, -0.1) is 0 Å². The number of benzene rings is 2. The maximum absolute atomic E-state index is 13.9. The smallest absolute Gasteiger partial charge is 0.256 e. The number of nitrogens with zero attached hydrogens (tertiary/aromatic N) is 3. The van der Waals surface area contributed by atoms with Gasteiger partial charge in [0.25, 0.3) is 5.91 Å². The summed E-state index contributed by atoms with van der Waals surface area (Å²) in [6, 6.07) is 13.5. The molecule has 1 unspecified atom stereocenters. The lowest BCUT2D eigenvalue weighted by atomic mass is 9.95. The minimum absolute atomic E-state index is 0.0542. The van der Waals surface area contributed by atoms with E-state index < -0.39 is 5.82 Å². The number of halogens is 1. The summed E-state index contributed by atoms with van der Waals surface area (Å²) in [5.74, 6) is -0.808. The van der Waals surface area contributed by atoms with Gasteiger partial charge in [-0.2, -0.15) is 5.26 Å². The molecule has 0 aromatic heterocycles. The van der Waals surface area contributed by atoms with Crippen LogP contribution in [0, 0.1) is 17.1 Å². The fourth-order valence-electron chi connectivity index (χ4n) is 3.29. The van der Waals surface area contributed by atoms with Crippen molar-refractivity contribution >= 4 is 28.9 Å². The van der Waals surface area contributed by atoms with E-state index in [0.29, 0.717) is 23.8 Å². The second-order valence-electron chi connectivity index (χ2n) is 5.85. The Balaban J connectivity index is 1.71. The van der Waals surface area contributed by atoms with Gasteiger partial charge in [-0.3, -0.25) is 9.69 Å². The predicted molar refractivity (Wildman–Crippen MR) is 90.7 cm³/mol. The molecule has 0 saturated carbocycles. The molecule has 2 aliphatic heterocycles. The van der Waals surface area contributed by atoms with E-state index in [4.69, 9.17) is 17.5 Å². The van der Waals surface area contributed by atoms with E-state index >= 15 is 0 Å². The molecule has 24 heavy (non-hydrogen) atoms. The molecule has 2 heterocycles. The minimum atomic E-state index is -0.654. The number of carbonyl (C=O) groups excluding carboxylic acids is 1. The number of carbonyl (C=O) groups is 1. The van der Waals surface area contributed by atoms with Gasteiger partial charge in [0.15, 0.2) is 5.11 Å². The number of thiocarbonyl (C=S) groups is 1. The Bertz CT molecular complexity index is 878. The SMILES string of the molecule is N#Cc1ccc(N2C(=O)C3Cc4ccccc4CN3C2=S)cc1F. The molecule has 0 N–H and O–H groups in total. The monoisotopic (exact) mass is 337 g/mol. The van der Waals surface area contributed by atoms with Crippen molar-refractivity contribution in [2.45, 2.75) is 19.0 Å². The number of fused-ring (bicyclic) bond motifs is 2. The molecule has 1 amide bonds. The van der Waals surface area contributed by atoms with Crippen molar-refractivity contribution in [2.24, 2.45) is 0 Å². The summed E-state index contributed by atoms with van der Waals surface area (Å²) in [5.41, 5.74) is 2.60. The number of rotatable bonds is 1. The van der Waals surface area contributed by atoms with Crippen molar-refractivity contribution in [3.63, 3.8) is 0 Å². The average Bonchev–Trinajstić information content (AvgIpc) is 2.83. The summed E-state index contributed by atoms with van der Waals surface area (Å²) in [5, 5.41) is 9.22.